The van der Waals surface area contributed by atoms with Crippen molar-refractivity contribution in [1.82, 2.24) is 0 Å². The van der Waals surface area contributed by atoms with Crippen molar-refractivity contribution in [3.05, 3.63) is 52.5 Å². The summed E-state index contributed by atoms with van der Waals surface area (Å²) in [5.41, 5.74) is 6.14. The van der Waals surface area contributed by atoms with Crippen LogP contribution in [0.25, 0.3) is 0 Å². The predicted octanol–water partition coefficient (Wildman–Crippen LogP) is 3.29. The molecule has 0 spiro atoms. The zero-order valence-corrected chi connectivity index (χ0v) is 14.5. The Labute approximate surface area is 143 Å². The summed E-state index contributed by atoms with van der Waals surface area (Å²) in [6.07, 6.45) is -0.672. The van der Waals surface area contributed by atoms with E-state index in [9.17, 15) is 4.79 Å². The van der Waals surface area contributed by atoms with Gasteiger partial charge in [-0.1, -0.05) is 15.9 Å². The van der Waals surface area contributed by atoms with Gasteiger partial charge in [-0.25, -0.2) is 0 Å². The minimum atomic E-state index is -0.672. The molecule has 0 bridgehead atoms. The van der Waals surface area contributed by atoms with Crippen molar-refractivity contribution in [3.8, 4) is 17.2 Å². The van der Waals surface area contributed by atoms with E-state index in [-0.39, 0.29) is 0 Å². The second-order valence-corrected chi connectivity index (χ2v) is 5.73. The molecule has 23 heavy (non-hydrogen) atoms. The number of amides is 1. The number of carbonyl (C=O) groups excluding carboxylic acids is 1. The lowest BCUT2D eigenvalue weighted by Crippen LogP contribution is -2.30. The molecule has 1 amide bonds. The maximum Gasteiger partial charge on any atom is 0.258 e. The molecule has 0 aromatic heterocycles. The van der Waals surface area contributed by atoms with Crippen LogP contribution in [0.3, 0.4) is 0 Å². The number of carbonyl (C=O) groups is 1. The average Bonchev–Trinajstić information content (AvgIpc) is 2.55. The molecule has 2 aromatic rings. The average molecular weight is 380 g/mol. The van der Waals surface area contributed by atoms with Crippen LogP contribution in [0.5, 0.6) is 17.2 Å². The van der Waals surface area contributed by atoms with E-state index in [0.717, 1.165) is 15.8 Å². The smallest absolute Gasteiger partial charge is 0.258 e. The normalized spacial score (nSPS) is 11.6. The van der Waals surface area contributed by atoms with Gasteiger partial charge in [0.2, 0.25) is 0 Å². The highest BCUT2D eigenvalue weighted by molar-refractivity contribution is 9.10. The molecule has 2 N–H and O–H groups in total. The molecule has 122 valence electrons. The summed E-state index contributed by atoms with van der Waals surface area (Å²) in [5, 5.41) is 0. The number of primary amides is 1. The third kappa shape index (κ3) is 4.89. The number of halogens is 1. The van der Waals surface area contributed by atoms with Crippen LogP contribution in [0.2, 0.25) is 0 Å². The first-order valence-electron chi connectivity index (χ1n) is 7.01. The van der Waals surface area contributed by atoms with Crippen LogP contribution in [0.4, 0.5) is 0 Å². The summed E-state index contributed by atoms with van der Waals surface area (Å²) in [5.74, 6) is 1.52. The van der Waals surface area contributed by atoms with Gasteiger partial charge in [0.25, 0.3) is 5.91 Å². The lowest BCUT2D eigenvalue weighted by molar-refractivity contribution is -0.123. The largest absolute Gasteiger partial charge is 0.497 e. The van der Waals surface area contributed by atoms with E-state index in [1.54, 1.807) is 38.3 Å². The minimum Gasteiger partial charge on any atom is -0.497 e. The molecule has 0 radical (unpaired) electrons. The number of hydrogen-bond acceptors (Lipinski definition) is 4. The van der Waals surface area contributed by atoms with Crippen LogP contribution in [0.15, 0.2) is 46.9 Å². The molecule has 1 atom stereocenters. The van der Waals surface area contributed by atoms with E-state index in [4.69, 9.17) is 19.9 Å². The van der Waals surface area contributed by atoms with Gasteiger partial charge in [0.1, 0.15) is 23.9 Å². The molecule has 2 aromatic carbocycles. The topological polar surface area (TPSA) is 70.8 Å². The fourth-order valence-electron chi connectivity index (χ4n) is 1.83. The molecular weight excluding hydrogens is 362 g/mol. The molecule has 0 fully saturated rings. The van der Waals surface area contributed by atoms with Gasteiger partial charge in [0.05, 0.1) is 7.11 Å². The van der Waals surface area contributed by atoms with Gasteiger partial charge < -0.3 is 19.9 Å². The van der Waals surface area contributed by atoms with E-state index in [2.05, 4.69) is 15.9 Å². The zero-order chi connectivity index (χ0) is 16.8. The van der Waals surface area contributed by atoms with Crippen molar-refractivity contribution in [2.75, 3.05) is 7.11 Å². The predicted molar refractivity (Wildman–Crippen MR) is 90.8 cm³/mol. The Morgan fingerprint density at radius 1 is 1.13 bits per heavy atom. The van der Waals surface area contributed by atoms with Crippen molar-refractivity contribution in [2.45, 2.75) is 19.6 Å². The zero-order valence-electron chi connectivity index (χ0n) is 12.9. The number of nitrogens with two attached hydrogens (primary N) is 1. The van der Waals surface area contributed by atoms with Gasteiger partial charge in [-0.15, -0.1) is 0 Å². The first-order valence-corrected chi connectivity index (χ1v) is 7.80. The highest BCUT2D eigenvalue weighted by atomic mass is 79.9. The summed E-state index contributed by atoms with van der Waals surface area (Å²) in [7, 11) is 1.62. The fourth-order valence-corrected chi connectivity index (χ4v) is 2.19. The van der Waals surface area contributed by atoms with Crippen LogP contribution in [-0.2, 0) is 11.4 Å². The van der Waals surface area contributed by atoms with Gasteiger partial charge in [-0.2, -0.15) is 0 Å². The number of benzene rings is 2. The van der Waals surface area contributed by atoms with E-state index in [0.29, 0.717) is 18.1 Å². The summed E-state index contributed by atoms with van der Waals surface area (Å²) in [6, 6.07) is 12.7. The first-order chi connectivity index (χ1) is 11.0. The Morgan fingerprint density at radius 2 is 1.74 bits per heavy atom. The molecule has 0 unspecified atom stereocenters. The monoisotopic (exact) mass is 379 g/mol. The Bertz CT molecular complexity index is 673. The third-order valence-corrected chi connectivity index (χ3v) is 3.96. The number of hydrogen-bond donors (Lipinski definition) is 1. The van der Waals surface area contributed by atoms with Gasteiger partial charge in [-0.3, -0.25) is 4.79 Å². The van der Waals surface area contributed by atoms with Crippen LogP contribution in [0.1, 0.15) is 12.5 Å². The van der Waals surface area contributed by atoms with Gasteiger partial charge in [0.15, 0.2) is 6.10 Å². The van der Waals surface area contributed by atoms with Crippen LogP contribution in [0, 0.1) is 0 Å². The fraction of sp³-hybridized carbons (Fsp3) is 0.235. The van der Waals surface area contributed by atoms with Crippen molar-refractivity contribution < 1.29 is 19.0 Å². The van der Waals surface area contributed by atoms with E-state index >= 15 is 0 Å². The molecule has 0 aliphatic rings. The molecule has 0 heterocycles. The SMILES string of the molecule is COc1ccc(Br)c(COc2ccc(O[C@H](C)C(N)=O)cc2)c1. The third-order valence-electron chi connectivity index (χ3n) is 3.18. The second-order valence-electron chi connectivity index (χ2n) is 4.88. The molecular formula is C17H18BrNO4. The maximum absolute atomic E-state index is 11.0. The summed E-state index contributed by atoms with van der Waals surface area (Å²) < 4.78 is 17.3. The van der Waals surface area contributed by atoms with Crippen molar-refractivity contribution >= 4 is 21.8 Å². The summed E-state index contributed by atoms with van der Waals surface area (Å²) >= 11 is 3.49. The van der Waals surface area contributed by atoms with Gasteiger partial charge in [-0.05, 0) is 49.4 Å². The van der Waals surface area contributed by atoms with Gasteiger partial charge >= 0.3 is 0 Å². The Hall–Kier alpha value is -2.21. The highest BCUT2D eigenvalue weighted by Gasteiger charge is 2.10. The van der Waals surface area contributed by atoms with Crippen molar-refractivity contribution in [1.29, 1.82) is 0 Å². The molecule has 0 saturated heterocycles. The second kappa shape index (κ2) is 7.87. The van der Waals surface area contributed by atoms with Crippen LogP contribution in [-0.4, -0.2) is 19.1 Å². The standard InChI is InChI=1S/C17H18BrNO4/c1-11(17(19)20)23-14-5-3-13(4-6-14)22-10-12-9-15(21-2)7-8-16(12)18/h3-9,11H,10H2,1-2H3,(H2,19,20)/t11-/m1/s1. The summed E-state index contributed by atoms with van der Waals surface area (Å²) in [4.78, 5) is 11.0. The molecule has 2 rings (SSSR count). The number of ether oxygens (including phenoxy) is 3. The van der Waals surface area contributed by atoms with Crippen LogP contribution < -0.4 is 19.9 Å². The van der Waals surface area contributed by atoms with Crippen LogP contribution >= 0.6 is 15.9 Å². The quantitative estimate of drug-likeness (QED) is 0.800. The van der Waals surface area contributed by atoms with E-state index < -0.39 is 12.0 Å². The molecule has 0 aliphatic heterocycles. The first kappa shape index (κ1) is 17.1. The lowest BCUT2D eigenvalue weighted by Gasteiger charge is -2.12. The van der Waals surface area contributed by atoms with E-state index in [1.165, 1.54) is 0 Å². The van der Waals surface area contributed by atoms with Gasteiger partial charge in [0, 0.05) is 10.0 Å². The van der Waals surface area contributed by atoms with E-state index in [1.807, 2.05) is 18.2 Å². The minimum absolute atomic E-state index is 0.398. The number of rotatable bonds is 7. The molecule has 0 aliphatic carbocycles. The Balaban J connectivity index is 1.97. The summed E-state index contributed by atoms with van der Waals surface area (Å²) in [6.45, 7) is 2.00. The Morgan fingerprint density at radius 3 is 2.35 bits per heavy atom. The lowest BCUT2D eigenvalue weighted by atomic mass is 10.2. The molecule has 5 nitrogen and oxygen atoms in total. The Kier molecular flexibility index (Phi) is 5.87. The van der Waals surface area contributed by atoms with Crippen molar-refractivity contribution in [3.63, 3.8) is 0 Å². The number of methoxy groups -OCH3 is 1. The molecule has 0 saturated carbocycles. The van der Waals surface area contributed by atoms with Crippen molar-refractivity contribution in [2.24, 2.45) is 5.73 Å². The maximum atomic E-state index is 11.0. The molecule has 6 heteroatoms. The highest BCUT2D eigenvalue weighted by Crippen LogP contribution is 2.25.